The standard InChI is InChI=1S/C27H32BrN3O3/c1-18-9-2-3-11-20(18)26(33)30-24-15-7-6-14-23(24)29-25(32)19-10-8-16-31(17-19)27(34)21-12-4-5-13-22(21)28/h2-5,9,11-13,19,23-24H,6-8,10,14-17H2,1H3,(H,29,32)(H,30,33)/t19-,23+,24+/m0/s1. The van der Waals surface area contributed by atoms with E-state index in [2.05, 4.69) is 26.6 Å². The van der Waals surface area contributed by atoms with Crippen LogP contribution >= 0.6 is 15.9 Å². The molecule has 4 rings (SSSR count). The zero-order valence-electron chi connectivity index (χ0n) is 19.6. The van der Waals surface area contributed by atoms with Crippen molar-refractivity contribution >= 4 is 33.7 Å². The number of hydrogen-bond acceptors (Lipinski definition) is 3. The van der Waals surface area contributed by atoms with Crippen LogP contribution in [0.5, 0.6) is 0 Å². The summed E-state index contributed by atoms with van der Waals surface area (Å²) in [6.45, 7) is 3.00. The first-order valence-corrected chi connectivity index (χ1v) is 12.9. The maximum absolute atomic E-state index is 13.2. The van der Waals surface area contributed by atoms with Crippen molar-refractivity contribution in [1.82, 2.24) is 15.5 Å². The Kier molecular flexibility index (Phi) is 8.03. The molecule has 1 saturated heterocycles. The minimum atomic E-state index is -0.241. The molecule has 3 amide bonds. The largest absolute Gasteiger partial charge is 0.351 e. The Labute approximate surface area is 209 Å². The van der Waals surface area contributed by atoms with Crippen molar-refractivity contribution in [3.05, 3.63) is 69.7 Å². The van der Waals surface area contributed by atoms with E-state index in [1.165, 1.54) is 0 Å². The molecule has 2 fully saturated rings. The molecule has 2 aliphatic rings. The summed E-state index contributed by atoms with van der Waals surface area (Å²) < 4.78 is 0.765. The van der Waals surface area contributed by atoms with Gasteiger partial charge in [-0.15, -0.1) is 0 Å². The number of halogens is 1. The normalized spacial score (nSPS) is 22.6. The second-order valence-electron chi connectivity index (χ2n) is 9.36. The monoisotopic (exact) mass is 525 g/mol. The third-order valence-electron chi connectivity index (χ3n) is 6.98. The predicted molar refractivity (Wildman–Crippen MR) is 136 cm³/mol. The minimum absolute atomic E-state index is 0.0216. The lowest BCUT2D eigenvalue weighted by molar-refractivity contribution is -0.127. The number of piperidine rings is 1. The summed E-state index contributed by atoms with van der Waals surface area (Å²) in [7, 11) is 0. The lowest BCUT2D eigenvalue weighted by atomic mass is 9.88. The van der Waals surface area contributed by atoms with Crippen molar-refractivity contribution < 1.29 is 14.4 Å². The van der Waals surface area contributed by atoms with Crippen LogP contribution in [0.2, 0.25) is 0 Å². The first-order chi connectivity index (χ1) is 16.4. The average molecular weight is 526 g/mol. The molecule has 180 valence electrons. The van der Waals surface area contributed by atoms with Crippen LogP contribution in [-0.2, 0) is 4.79 Å². The highest BCUT2D eigenvalue weighted by Crippen LogP contribution is 2.24. The number of hydrogen-bond donors (Lipinski definition) is 2. The van der Waals surface area contributed by atoms with E-state index in [0.29, 0.717) is 24.2 Å². The number of aryl methyl sites for hydroxylation is 1. The number of nitrogens with one attached hydrogen (secondary N) is 2. The van der Waals surface area contributed by atoms with Gasteiger partial charge >= 0.3 is 0 Å². The molecule has 0 unspecified atom stereocenters. The van der Waals surface area contributed by atoms with Gasteiger partial charge in [0.2, 0.25) is 5.91 Å². The third kappa shape index (κ3) is 5.69. The smallest absolute Gasteiger partial charge is 0.255 e. The van der Waals surface area contributed by atoms with Crippen LogP contribution in [0.25, 0.3) is 0 Å². The molecule has 2 aromatic carbocycles. The first kappa shape index (κ1) is 24.5. The summed E-state index contributed by atoms with van der Waals surface area (Å²) in [6, 6.07) is 14.8. The Morgan fingerprint density at radius 3 is 2.21 bits per heavy atom. The van der Waals surface area contributed by atoms with Crippen LogP contribution in [0.3, 0.4) is 0 Å². The van der Waals surface area contributed by atoms with E-state index in [1.807, 2.05) is 49.4 Å². The zero-order chi connectivity index (χ0) is 24.1. The second-order valence-corrected chi connectivity index (χ2v) is 10.2. The van der Waals surface area contributed by atoms with Gasteiger partial charge in [-0.25, -0.2) is 0 Å². The first-order valence-electron chi connectivity index (χ1n) is 12.1. The Hall–Kier alpha value is -2.67. The number of rotatable bonds is 5. The van der Waals surface area contributed by atoms with Gasteiger partial charge in [0.1, 0.15) is 0 Å². The molecule has 0 bridgehead atoms. The fraction of sp³-hybridized carbons (Fsp3) is 0.444. The topological polar surface area (TPSA) is 78.5 Å². The lowest BCUT2D eigenvalue weighted by Gasteiger charge is -2.36. The van der Waals surface area contributed by atoms with Crippen LogP contribution in [0, 0.1) is 12.8 Å². The second kappa shape index (κ2) is 11.2. The molecular weight excluding hydrogens is 494 g/mol. The number of amides is 3. The van der Waals surface area contributed by atoms with Crippen LogP contribution in [0.4, 0.5) is 0 Å². The van der Waals surface area contributed by atoms with Gasteiger partial charge in [0, 0.05) is 35.2 Å². The van der Waals surface area contributed by atoms with Gasteiger partial charge in [-0.2, -0.15) is 0 Å². The van der Waals surface area contributed by atoms with Gasteiger partial charge in [0.15, 0.2) is 0 Å². The van der Waals surface area contributed by atoms with Crippen LogP contribution in [0.15, 0.2) is 53.0 Å². The number of carbonyl (C=O) groups excluding carboxylic acids is 3. The van der Waals surface area contributed by atoms with E-state index >= 15 is 0 Å². The van der Waals surface area contributed by atoms with Crippen molar-refractivity contribution in [2.24, 2.45) is 5.92 Å². The molecule has 0 spiro atoms. The van der Waals surface area contributed by atoms with Crippen LogP contribution in [0.1, 0.15) is 64.8 Å². The van der Waals surface area contributed by atoms with Gasteiger partial charge in [-0.05, 0) is 72.3 Å². The molecule has 6 nitrogen and oxygen atoms in total. The molecule has 34 heavy (non-hydrogen) atoms. The summed E-state index contributed by atoms with van der Waals surface area (Å²) in [5, 5.41) is 6.39. The summed E-state index contributed by atoms with van der Waals surface area (Å²) in [6.07, 6.45) is 5.31. The maximum atomic E-state index is 13.2. The molecule has 1 aliphatic carbocycles. The van der Waals surface area contributed by atoms with Gasteiger partial charge in [0.05, 0.1) is 11.5 Å². The van der Waals surface area contributed by atoms with E-state index < -0.39 is 0 Å². The van der Waals surface area contributed by atoms with E-state index in [1.54, 1.807) is 11.0 Å². The molecule has 2 aromatic rings. The van der Waals surface area contributed by atoms with Gasteiger partial charge in [-0.1, -0.05) is 43.2 Å². The maximum Gasteiger partial charge on any atom is 0.255 e. The fourth-order valence-electron chi connectivity index (χ4n) is 5.03. The van der Waals surface area contributed by atoms with E-state index in [9.17, 15) is 14.4 Å². The van der Waals surface area contributed by atoms with E-state index in [4.69, 9.17) is 0 Å². The summed E-state index contributed by atoms with van der Waals surface area (Å²) in [4.78, 5) is 40.9. The molecule has 2 N–H and O–H groups in total. The van der Waals surface area contributed by atoms with Gasteiger partial charge in [0.25, 0.3) is 11.8 Å². The molecule has 0 aromatic heterocycles. The Balaban J connectivity index is 1.38. The van der Waals surface area contributed by atoms with E-state index in [-0.39, 0.29) is 35.7 Å². The molecule has 1 saturated carbocycles. The Bertz CT molecular complexity index is 1060. The van der Waals surface area contributed by atoms with Gasteiger partial charge < -0.3 is 15.5 Å². The van der Waals surface area contributed by atoms with E-state index in [0.717, 1.165) is 48.6 Å². The zero-order valence-corrected chi connectivity index (χ0v) is 21.1. The minimum Gasteiger partial charge on any atom is -0.351 e. The number of carbonyl (C=O) groups is 3. The summed E-state index contributed by atoms with van der Waals surface area (Å²) >= 11 is 3.46. The Morgan fingerprint density at radius 1 is 0.853 bits per heavy atom. The molecule has 3 atom stereocenters. The number of benzene rings is 2. The van der Waals surface area contributed by atoms with Crippen molar-refractivity contribution in [1.29, 1.82) is 0 Å². The quantitative estimate of drug-likeness (QED) is 0.604. The average Bonchev–Trinajstić information content (AvgIpc) is 2.85. The van der Waals surface area contributed by atoms with Crippen molar-refractivity contribution in [3.63, 3.8) is 0 Å². The van der Waals surface area contributed by atoms with Crippen molar-refractivity contribution in [3.8, 4) is 0 Å². The molecule has 7 heteroatoms. The summed E-state index contributed by atoms with van der Waals surface area (Å²) in [5.41, 5.74) is 2.23. The molecule has 1 heterocycles. The SMILES string of the molecule is Cc1ccccc1C(=O)N[C@@H]1CCCC[C@H]1NC(=O)[C@H]1CCCN(C(=O)c2ccccc2Br)C1. The highest BCUT2D eigenvalue weighted by Gasteiger charge is 2.33. The fourth-order valence-corrected chi connectivity index (χ4v) is 5.49. The molecule has 0 radical (unpaired) electrons. The summed E-state index contributed by atoms with van der Waals surface area (Å²) in [5.74, 6) is -0.403. The number of likely N-dealkylation sites (tertiary alicyclic amines) is 1. The van der Waals surface area contributed by atoms with Crippen molar-refractivity contribution in [2.75, 3.05) is 13.1 Å². The van der Waals surface area contributed by atoms with Crippen LogP contribution < -0.4 is 10.6 Å². The van der Waals surface area contributed by atoms with Gasteiger partial charge in [-0.3, -0.25) is 14.4 Å². The Morgan fingerprint density at radius 2 is 1.50 bits per heavy atom. The number of nitrogens with zero attached hydrogens (tertiary/aromatic N) is 1. The van der Waals surface area contributed by atoms with Crippen LogP contribution in [-0.4, -0.2) is 47.8 Å². The third-order valence-corrected chi connectivity index (χ3v) is 7.67. The predicted octanol–water partition coefficient (Wildman–Crippen LogP) is 4.47. The highest BCUT2D eigenvalue weighted by atomic mass is 79.9. The molecule has 1 aliphatic heterocycles. The lowest BCUT2D eigenvalue weighted by Crippen LogP contribution is -2.55. The highest BCUT2D eigenvalue weighted by molar-refractivity contribution is 9.10. The van der Waals surface area contributed by atoms with Crippen molar-refractivity contribution in [2.45, 2.75) is 57.5 Å². The molecular formula is C27H32BrN3O3.